The van der Waals surface area contributed by atoms with Crippen LogP contribution in [0.3, 0.4) is 0 Å². The third-order valence-corrected chi connectivity index (χ3v) is 5.47. The normalized spacial score (nSPS) is 34.2. The largest absolute Gasteiger partial charge is 0.491 e. The van der Waals surface area contributed by atoms with Crippen LogP contribution in [0.5, 0.6) is 5.75 Å². The smallest absolute Gasteiger partial charge is 0.232 e. The summed E-state index contributed by atoms with van der Waals surface area (Å²) in [4.78, 5) is 15.0. The first-order valence-electron chi connectivity index (χ1n) is 8.04. The molecular weight excluding hydrogens is 264 g/mol. The van der Waals surface area contributed by atoms with Crippen LogP contribution in [0.25, 0.3) is 0 Å². The first kappa shape index (κ1) is 13.1. The molecule has 1 aromatic rings. The summed E-state index contributed by atoms with van der Waals surface area (Å²) in [6.07, 6.45) is 4.39. The molecule has 2 saturated carbocycles. The minimum atomic E-state index is 0.00917. The number of hydrogen-bond acceptors (Lipinski definition) is 3. The zero-order valence-electron chi connectivity index (χ0n) is 12.2. The molecule has 3 aliphatic rings. The molecule has 4 rings (SSSR count). The van der Waals surface area contributed by atoms with Gasteiger partial charge in [-0.3, -0.25) is 4.79 Å². The number of para-hydroxylation sites is 2. The molecule has 4 unspecified atom stereocenters. The molecule has 1 aliphatic heterocycles. The molecule has 2 aliphatic carbocycles. The van der Waals surface area contributed by atoms with E-state index in [0.29, 0.717) is 18.4 Å². The number of nitrogens with zero attached hydrogens (tertiary/aromatic N) is 1. The molecule has 4 atom stereocenters. The molecule has 1 heterocycles. The summed E-state index contributed by atoms with van der Waals surface area (Å²) in [5, 5.41) is 0. The van der Waals surface area contributed by atoms with Crippen molar-refractivity contribution in [3.8, 4) is 5.75 Å². The number of fused-ring (bicyclic) bond motifs is 3. The van der Waals surface area contributed by atoms with E-state index in [1.54, 1.807) is 0 Å². The van der Waals surface area contributed by atoms with E-state index in [2.05, 4.69) is 0 Å². The standard InChI is InChI=1S/C17H22N2O2/c18-16-12-7-6-11(10-12)15(16)17(20)19-8-3-9-21-14-5-2-1-4-13(14)19/h1-2,4-5,11-12,15-16H,3,6-10,18H2. The second-order valence-electron chi connectivity index (χ2n) is 6.60. The van der Waals surface area contributed by atoms with Gasteiger partial charge in [0.2, 0.25) is 5.91 Å². The fourth-order valence-electron chi connectivity index (χ4n) is 4.44. The Bertz CT molecular complexity index is 557. The average Bonchev–Trinajstić information content (AvgIpc) is 3.01. The third kappa shape index (κ3) is 2.04. The first-order valence-corrected chi connectivity index (χ1v) is 8.04. The molecule has 21 heavy (non-hydrogen) atoms. The maximum Gasteiger partial charge on any atom is 0.232 e. The Hall–Kier alpha value is -1.55. The number of carbonyl (C=O) groups is 1. The second kappa shape index (κ2) is 5.02. The Balaban J connectivity index is 1.65. The summed E-state index contributed by atoms with van der Waals surface area (Å²) in [6.45, 7) is 1.40. The van der Waals surface area contributed by atoms with Crippen molar-refractivity contribution < 1.29 is 9.53 Å². The maximum absolute atomic E-state index is 13.1. The molecule has 112 valence electrons. The quantitative estimate of drug-likeness (QED) is 0.861. The lowest BCUT2D eigenvalue weighted by Crippen LogP contribution is -2.47. The van der Waals surface area contributed by atoms with Crippen molar-refractivity contribution in [1.29, 1.82) is 0 Å². The Kier molecular flexibility index (Phi) is 3.14. The van der Waals surface area contributed by atoms with Gasteiger partial charge in [-0.25, -0.2) is 0 Å². The Labute approximate surface area is 125 Å². The van der Waals surface area contributed by atoms with Crippen molar-refractivity contribution in [3.05, 3.63) is 24.3 Å². The van der Waals surface area contributed by atoms with Crippen molar-refractivity contribution >= 4 is 11.6 Å². The Morgan fingerprint density at radius 3 is 2.86 bits per heavy atom. The SMILES string of the molecule is NC1C2CCC(C2)C1C(=O)N1CCCOc2ccccc21. The van der Waals surface area contributed by atoms with Crippen LogP contribution in [0.1, 0.15) is 25.7 Å². The van der Waals surface area contributed by atoms with Gasteiger partial charge in [0.15, 0.2) is 0 Å². The van der Waals surface area contributed by atoms with E-state index in [-0.39, 0.29) is 17.9 Å². The highest BCUT2D eigenvalue weighted by molar-refractivity contribution is 5.97. The number of anilines is 1. The van der Waals surface area contributed by atoms with Gasteiger partial charge in [-0.2, -0.15) is 0 Å². The molecule has 1 aromatic carbocycles. The molecule has 2 fully saturated rings. The highest BCUT2D eigenvalue weighted by Crippen LogP contribution is 2.49. The second-order valence-corrected chi connectivity index (χ2v) is 6.60. The van der Waals surface area contributed by atoms with Crippen molar-refractivity contribution in [1.82, 2.24) is 0 Å². The highest BCUT2D eigenvalue weighted by Gasteiger charge is 2.50. The van der Waals surface area contributed by atoms with E-state index in [1.165, 1.54) is 12.8 Å². The maximum atomic E-state index is 13.1. The van der Waals surface area contributed by atoms with Gasteiger partial charge in [-0.1, -0.05) is 12.1 Å². The monoisotopic (exact) mass is 286 g/mol. The zero-order valence-corrected chi connectivity index (χ0v) is 12.2. The van der Waals surface area contributed by atoms with Crippen LogP contribution in [0.2, 0.25) is 0 Å². The lowest BCUT2D eigenvalue weighted by molar-refractivity contribution is -0.124. The number of amides is 1. The number of benzene rings is 1. The number of rotatable bonds is 1. The Morgan fingerprint density at radius 1 is 1.24 bits per heavy atom. The molecule has 2 bridgehead atoms. The fourth-order valence-corrected chi connectivity index (χ4v) is 4.44. The molecular formula is C17H22N2O2. The van der Waals surface area contributed by atoms with E-state index in [0.717, 1.165) is 30.8 Å². The van der Waals surface area contributed by atoms with Gasteiger partial charge < -0.3 is 15.4 Å². The molecule has 4 heteroatoms. The molecule has 4 nitrogen and oxygen atoms in total. The zero-order chi connectivity index (χ0) is 14.4. The van der Waals surface area contributed by atoms with Gasteiger partial charge in [-0.05, 0) is 49.7 Å². The molecule has 2 N–H and O–H groups in total. The summed E-state index contributed by atoms with van der Waals surface area (Å²) >= 11 is 0. The van der Waals surface area contributed by atoms with Crippen LogP contribution in [0.15, 0.2) is 24.3 Å². The minimum absolute atomic E-state index is 0.00917. The van der Waals surface area contributed by atoms with Crippen molar-refractivity contribution in [2.75, 3.05) is 18.1 Å². The van der Waals surface area contributed by atoms with E-state index in [1.807, 2.05) is 29.2 Å². The van der Waals surface area contributed by atoms with Crippen molar-refractivity contribution in [2.45, 2.75) is 31.7 Å². The number of ether oxygens (including phenoxy) is 1. The Morgan fingerprint density at radius 2 is 2.05 bits per heavy atom. The van der Waals surface area contributed by atoms with Gasteiger partial charge in [0.05, 0.1) is 18.2 Å². The fraction of sp³-hybridized carbons (Fsp3) is 0.588. The number of hydrogen-bond donors (Lipinski definition) is 1. The van der Waals surface area contributed by atoms with Crippen LogP contribution < -0.4 is 15.4 Å². The van der Waals surface area contributed by atoms with Crippen LogP contribution in [0.4, 0.5) is 5.69 Å². The van der Waals surface area contributed by atoms with Gasteiger partial charge in [0.25, 0.3) is 0 Å². The minimum Gasteiger partial charge on any atom is -0.491 e. The van der Waals surface area contributed by atoms with Gasteiger partial charge in [-0.15, -0.1) is 0 Å². The number of carbonyl (C=O) groups excluding carboxylic acids is 1. The van der Waals surface area contributed by atoms with Crippen LogP contribution in [-0.4, -0.2) is 25.1 Å². The van der Waals surface area contributed by atoms with Crippen molar-refractivity contribution in [3.63, 3.8) is 0 Å². The van der Waals surface area contributed by atoms with Gasteiger partial charge in [0.1, 0.15) is 5.75 Å². The molecule has 0 radical (unpaired) electrons. The topological polar surface area (TPSA) is 55.6 Å². The van der Waals surface area contributed by atoms with Crippen LogP contribution >= 0.6 is 0 Å². The average molecular weight is 286 g/mol. The van der Waals surface area contributed by atoms with Gasteiger partial charge >= 0.3 is 0 Å². The van der Waals surface area contributed by atoms with Crippen LogP contribution in [-0.2, 0) is 4.79 Å². The summed E-state index contributed by atoms with van der Waals surface area (Å²) in [5.74, 6) is 2.10. The number of nitrogens with two attached hydrogens (primary N) is 1. The summed E-state index contributed by atoms with van der Waals surface area (Å²) < 4.78 is 5.76. The molecule has 0 aromatic heterocycles. The molecule has 0 spiro atoms. The summed E-state index contributed by atoms with van der Waals surface area (Å²) in [5.41, 5.74) is 7.26. The van der Waals surface area contributed by atoms with Crippen molar-refractivity contribution in [2.24, 2.45) is 23.5 Å². The first-order chi connectivity index (χ1) is 10.3. The van der Waals surface area contributed by atoms with E-state index in [9.17, 15) is 4.79 Å². The molecule has 0 saturated heterocycles. The predicted molar refractivity (Wildman–Crippen MR) is 81.2 cm³/mol. The van der Waals surface area contributed by atoms with E-state index in [4.69, 9.17) is 10.5 Å². The third-order valence-electron chi connectivity index (χ3n) is 5.47. The lowest BCUT2D eigenvalue weighted by atomic mass is 9.84. The van der Waals surface area contributed by atoms with Crippen LogP contribution in [0, 0.1) is 17.8 Å². The summed E-state index contributed by atoms with van der Waals surface area (Å²) in [7, 11) is 0. The van der Waals surface area contributed by atoms with E-state index >= 15 is 0 Å². The van der Waals surface area contributed by atoms with E-state index < -0.39 is 0 Å². The molecule has 1 amide bonds. The highest BCUT2D eigenvalue weighted by atomic mass is 16.5. The predicted octanol–water partition coefficient (Wildman–Crippen LogP) is 2.18. The summed E-state index contributed by atoms with van der Waals surface area (Å²) in [6, 6.07) is 7.90. The lowest BCUT2D eigenvalue weighted by Gasteiger charge is -2.32. The van der Waals surface area contributed by atoms with Gasteiger partial charge in [0, 0.05) is 12.6 Å².